The van der Waals surface area contributed by atoms with E-state index >= 15 is 0 Å². The third-order valence-corrected chi connectivity index (χ3v) is 5.06. The van der Waals surface area contributed by atoms with Crippen LogP contribution < -0.4 is 10.1 Å². The Hall–Kier alpha value is -1.96. The van der Waals surface area contributed by atoms with E-state index in [4.69, 9.17) is 32.4 Å². The Morgan fingerprint density at radius 3 is 2.88 bits per heavy atom. The maximum Gasteiger partial charge on any atom is 0.287 e. The van der Waals surface area contributed by atoms with E-state index in [-0.39, 0.29) is 18.3 Å². The number of amides is 1. The zero-order chi connectivity index (χ0) is 18.7. The SMILES string of the molecule is Cn1ncc(Br)c1CNC(=O)c1ccc(COc2cccc(Cl)c2Cl)o1. The second kappa shape index (κ2) is 8.16. The number of carbonyl (C=O) groups is 1. The summed E-state index contributed by atoms with van der Waals surface area (Å²) < 4.78 is 13.6. The number of aryl methyl sites for hydroxylation is 1. The van der Waals surface area contributed by atoms with Crippen LogP contribution in [-0.4, -0.2) is 15.7 Å². The van der Waals surface area contributed by atoms with Crippen molar-refractivity contribution in [3.63, 3.8) is 0 Å². The topological polar surface area (TPSA) is 69.3 Å². The molecule has 9 heteroatoms. The van der Waals surface area contributed by atoms with Gasteiger partial charge in [-0.05, 0) is 40.2 Å². The molecule has 3 aromatic rings. The predicted octanol–water partition coefficient (Wildman–Crippen LogP) is 4.59. The molecule has 0 aliphatic carbocycles. The molecule has 136 valence electrons. The minimum atomic E-state index is -0.329. The summed E-state index contributed by atoms with van der Waals surface area (Å²) in [6.07, 6.45) is 1.67. The van der Waals surface area contributed by atoms with E-state index < -0.39 is 0 Å². The highest BCUT2D eigenvalue weighted by molar-refractivity contribution is 9.10. The van der Waals surface area contributed by atoms with Crippen LogP contribution >= 0.6 is 39.1 Å². The van der Waals surface area contributed by atoms with Gasteiger partial charge in [0.15, 0.2) is 5.76 Å². The van der Waals surface area contributed by atoms with Crippen LogP contribution in [0.4, 0.5) is 0 Å². The number of aromatic nitrogens is 2. The Bertz CT molecular complexity index is 920. The van der Waals surface area contributed by atoms with Gasteiger partial charge in [0.05, 0.1) is 27.9 Å². The lowest BCUT2D eigenvalue weighted by molar-refractivity contribution is 0.0918. The number of ether oxygens (including phenoxy) is 1. The molecule has 0 fully saturated rings. The fraction of sp³-hybridized carbons (Fsp3) is 0.176. The van der Waals surface area contributed by atoms with E-state index in [2.05, 4.69) is 26.3 Å². The number of hydrogen-bond donors (Lipinski definition) is 1. The van der Waals surface area contributed by atoms with Crippen LogP contribution in [0.25, 0.3) is 0 Å². The second-order valence-corrected chi connectivity index (χ2v) is 6.99. The first-order valence-corrected chi connectivity index (χ1v) is 9.10. The van der Waals surface area contributed by atoms with Crippen molar-refractivity contribution in [2.24, 2.45) is 7.05 Å². The molecule has 0 spiro atoms. The number of nitrogens with zero attached hydrogens (tertiary/aromatic N) is 2. The lowest BCUT2D eigenvalue weighted by Crippen LogP contribution is -2.23. The van der Waals surface area contributed by atoms with Gasteiger partial charge in [0, 0.05) is 7.05 Å². The maximum absolute atomic E-state index is 12.2. The number of carbonyl (C=O) groups excluding carboxylic acids is 1. The number of halogens is 3. The Kier molecular flexibility index (Phi) is 5.90. The largest absolute Gasteiger partial charge is 0.484 e. The summed E-state index contributed by atoms with van der Waals surface area (Å²) in [5.74, 6) is 0.805. The number of hydrogen-bond acceptors (Lipinski definition) is 4. The molecule has 1 amide bonds. The van der Waals surface area contributed by atoms with Crippen molar-refractivity contribution >= 4 is 45.0 Å². The Balaban J connectivity index is 1.58. The average Bonchev–Trinajstić information content (AvgIpc) is 3.22. The first kappa shape index (κ1) is 18.8. The number of rotatable bonds is 6. The molecule has 2 aromatic heterocycles. The van der Waals surface area contributed by atoms with Crippen molar-refractivity contribution in [2.45, 2.75) is 13.2 Å². The van der Waals surface area contributed by atoms with Gasteiger partial charge in [-0.2, -0.15) is 5.10 Å². The second-order valence-electron chi connectivity index (χ2n) is 5.35. The Morgan fingerprint density at radius 2 is 2.15 bits per heavy atom. The van der Waals surface area contributed by atoms with Crippen molar-refractivity contribution in [1.29, 1.82) is 0 Å². The van der Waals surface area contributed by atoms with E-state index in [0.717, 1.165) is 10.2 Å². The van der Waals surface area contributed by atoms with Gasteiger partial charge in [-0.3, -0.25) is 9.48 Å². The summed E-state index contributed by atoms with van der Waals surface area (Å²) in [6, 6.07) is 8.38. The molecule has 2 heterocycles. The molecule has 3 rings (SSSR count). The van der Waals surface area contributed by atoms with Crippen molar-refractivity contribution < 1.29 is 13.9 Å². The number of furan rings is 1. The number of benzene rings is 1. The fourth-order valence-electron chi connectivity index (χ4n) is 2.21. The lowest BCUT2D eigenvalue weighted by atomic mass is 10.3. The summed E-state index contributed by atoms with van der Waals surface area (Å²) in [7, 11) is 1.80. The van der Waals surface area contributed by atoms with E-state index in [9.17, 15) is 4.79 Å². The summed E-state index contributed by atoms with van der Waals surface area (Å²) in [6.45, 7) is 0.446. The molecule has 0 aliphatic rings. The third-order valence-electron chi connectivity index (χ3n) is 3.60. The predicted molar refractivity (Wildman–Crippen MR) is 102 cm³/mol. The molecule has 0 unspecified atom stereocenters. The van der Waals surface area contributed by atoms with Crippen LogP contribution in [0.5, 0.6) is 5.75 Å². The van der Waals surface area contributed by atoms with E-state index in [1.807, 2.05) is 0 Å². The van der Waals surface area contributed by atoms with Gasteiger partial charge in [0.2, 0.25) is 0 Å². The Morgan fingerprint density at radius 1 is 1.35 bits per heavy atom. The standard InChI is InChI=1S/C17H14BrCl2N3O3/c1-23-13(11(18)7-22-23)8-21-17(24)15-6-5-10(26-15)9-25-14-4-2-3-12(19)16(14)20/h2-7H,8-9H2,1H3,(H,21,24). The summed E-state index contributed by atoms with van der Waals surface area (Å²) in [5, 5.41) is 7.62. The molecule has 1 N–H and O–H groups in total. The van der Waals surface area contributed by atoms with Crippen LogP contribution in [0.2, 0.25) is 10.0 Å². The van der Waals surface area contributed by atoms with Gasteiger partial charge < -0.3 is 14.5 Å². The van der Waals surface area contributed by atoms with Crippen LogP contribution in [0.15, 0.2) is 45.4 Å². The quantitative estimate of drug-likeness (QED) is 0.586. The molecular weight excluding hydrogens is 445 g/mol. The molecule has 0 aliphatic heterocycles. The molecule has 0 saturated heterocycles. The highest BCUT2D eigenvalue weighted by Gasteiger charge is 2.14. The third kappa shape index (κ3) is 4.23. The average molecular weight is 459 g/mol. The first-order valence-electron chi connectivity index (χ1n) is 7.56. The summed E-state index contributed by atoms with van der Waals surface area (Å²) in [4.78, 5) is 12.2. The molecule has 1 aromatic carbocycles. The van der Waals surface area contributed by atoms with Gasteiger partial charge in [-0.25, -0.2) is 0 Å². The zero-order valence-corrected chi connectivity index (χ0v) is 16.7. The maximum atomic E-state index is 12.2. The summed E-state index contributed by atoms with van der Waals surface area (Å²) >= 11 is 15.4. The van der Waals surface area contributed by atoms with Crippen LogP contribution in [0.3, 0.4) is 0 Å². The zero-order valence-electron chi connectivity index (χ0n) is 13.6. The van der Waals surface area contributed by atoms with Crippen LogP contribution in [0.1, 0.15) is 22.0 Å². The molecule has 0 bridgehead atoms. The Labute approximate surface area is 168 Å². The van der Waals surface area contributed by atoms with Crippen molar-refractivity contribution in [3.8, 4) is 5.75 Å². The highest BCUT2D eigenvalue weighted by Crippen LogP contribution is 2.32. The first-order chi connectivity index (χ1) is 12.5. The highest BCUT2D eigenvalue weighted by atomic mass is 79.9. The van der Waals surface area contributed by atoms with Crippen molar-refractivity contribution in [2.75, 3.05) is 0 Å². The van der Waals surface area contributed by atoms with Crippen LogP contribution in [0, 0.1) is 0 Å². The summed E-state index contributed by atoms with van der Waals surface area (Å²) in [5.41, 5.74) is 0.851. The van der Waals surface area contributed by atoms with E-state index in [0.29, 0.717) is 28.1 Å². The lowest BCUT2D eigenvalue weighted by Gasteiger charge is -2.07. The minimum absolute atomic E-state index is 0.126. The van der Waals surface area contributed by atoms with Gasteiger partial charge in [0.25, 0.3) is 5.91 Å². The van der Waals surface area contributed by atoms with E-state index in [1.165, 1.54) is 0 Å². The number of nitrogens with one attached hydrogen (secondary N) is 1. The smallest absolute Gasteiger partial charge is 0.287 e. The van der Waals surface area contributed by atoms with Gasteiger partial charge in [0.1, 0.15) is 23.1 Å². The molecular formula is C17H14BrCl2N3O3. The molecule has 0 atom stereocenters. The van der Waals surface area contributed by atoms with Crippen molar-refractivity contribution in [3.05, 3.63) is 68.3 Å². The fourth-order valence-corrected chi connectivity index (χ4v) is 3.04. The normalized spacial score (nSPS) is 10.8. The molecule has 0 radical (unpaired) electrons. The van der Waals surface area contributed by atoms with Gasteiger partial charge >= 0.3 is 0 Å². The molecule has 0 saturated carbocycles. The molecule has 6 nitrogen and oxygen atoms in total. The van der Waals surface area contributed by atoms with Gasteiger partial charge in [-0.1, -0.05) is 29.3 Å². The van der Waals surface area contributed by atoms with Crippen molar-refractivity contribution in [1.82, 2.24) is 15.1 Å². The molecule has 26 heavy (non-hydrogen) atoms. The van der Waals surface area contributed by atoms with Gasteiger partial charge in [-0.15, -0.1) is 0 Å². The monoisotopic (exact) mass is 457 g/mol. The van der Waals surface area contributed by atoms with E-state index in [1.54, 1.807) is 48.3 Å². The van der Waals surface area contributed by atoms with Crippen LogP contribution in [-0.2, 0) is 20.2 Å². The minimum Gasteiger partial charge on any atom is -0.484 e.